The summed E-state index contributed by atoms with van der Waals surface area (Å²) in [6.45, 7) is 3.45. The Bertz CT molecular complexity index is 931. The summed E-state index contributed by atoms with van der Waals surface area (Å²) < 4.78 is 15.8. The number of esters is 1. The predicted octanol–water partition coefficient (Wildman–Crippen LogP) is 3.38. The van der Waals surface area contributed by atoms with Gasteiger partial charge in [-0.2, -0.15) is 0 Å². The number of nitrogens with zero attached hydrogens (tertiary/aromatic N) is 1. The van der Waals surface area contributed by atoms with Gasteiger partial charge in [0.05, 0.1) is 22.6 Å². The Labute approximate surface area is 171 Å². The van der Waals surface area contributed by atoms with Gasteiger partial charge in [0.15, 0.2) is 18.1 Å². The fourth-order valence-electron chi connectivity index (χ4n) is 2.27. The lowest BCUT2D eigenvalue weighted by Crippen LogP contribution is -2.34. The number of rotatable bonds is 8. The number of non-ortho nitro benzene ring substituents is 1. The Morgan fingerprint density at radius 1 is 1.14 bits per heavy atom. The first kappa shape index (κ1) is 22.0. The first-order valence-corrected chi connectivity index (χ1v) is 8.85. The molecule has 2 aromatic carbocycles. The molecule has 0 aliphatic heterocycles. The highest BCUT2D eigenvalue weighted by molar-refractivity contribution is 6.32. The van der Waals surface area contributed by atoms with Crippen LogP contribution < -0.4 is 19.5 Å². The first-order chi connectivity index (χ1) is 13.7. The van der Waals surface area contributed by atoms with Crippen molar-refractivity contribution >= 4 is 29.2 Å². The van der Waals surface area contributed by atoms with Crippen molar-refractivity contribution in [2.75, 3.05) is 13.7 Å². The third kappa shape index (κ3) is 6.08. The zero-order chi connectivity index (χ0) is 21.6. The van der Waals surface area contributed by atoms with Gasteiger partial charge in [-0.15, -0.1) is 0 Å². The maximum atomic E-state index is 12.4. The van der Waals surface area contributed by atoms with Crippen LogP contribution in [0.3, 0.4) is 0 Å². The third-order valence-electron chi connectivity index (χ3n) is 3.54. The van der Waals surface area contributed by atoms with Crippen LogP contribution in [0.4, 0.5) is 5.69 Å². The number of nitro groups is 1. The zero-order valence-corrected chi connectivity index (χ0v) is 16.7. The van der Waals surface area contributed by atoms with Crippen LogP contribution >= 0.6 is 11.6 Å². The molecule has 0 radical (unpaired) electrons. The van der Waals surface area contributed by atoms with Crippen LogP contribution in [-0.2, 0) is 4.79 Å². The number of nitro benzene ring substituents is 1. The van der Waals surface area contributed by atoms with E-state index in [9.17, 15) is 19.7 Å². The standard InChI is InChI=1S/C19H19ClN2O7/c1-11(2)21-18(23)10-28-16-6-4-12(8-17(16)27-3)19(24)29-15-7-5-13(22(25)26)9-14(15)20/h4-9,11H,10H2,1-3H3,(H,21,23). The molecule has 0 fully saturated rings. The molecule has 0 bridgehead atoms. The van der Waals surface area contributed by atoms with E-state index >= 15 is 0 Å². The van der Waals surface area contributed by atoms with Crippen LogP contribution in [-0.4, -0.2) is 36.6 Å². The largest absolute Gasteiger partial charge is 0.493 e. The highest BCUT2D eigenvalue weighted by Crippen LogP contribution is 2.31. The van der Waals surface area contributed by atoms with Crippen molar-refractivity contribution in [1.29, 1.82) is 0 Å². The van der Waals surface area contributed by atoms with Crippen molar-refractivity contribution in [3.63, 3.8) is 0 Å². The molecule has 0 atom stereocenters. The van der Waals surface area contributed by atoms with Gasteiger partial charge in [0.1, 0.15) is 5.75 Å². The van der Waals surface area contributed by atoms with E-state index in [1.54, 1.807) is 0 Å². The molecule has 0 spiro atoms. The molecule has 10 heteroatoms. The lowest BCUT2D eigenvalue weighted by molar-refractivity contribution is -0.384. The predicted molar refractivity (Wildman–Crippen MR) is 105 cm³/mol. The minimum Gasteiger partial charge on any atom is -0.493 e. The van der Waals surface area contributed by atoms with Crippen molar-refractivity contribution in [1.82, 2.24) is 5.32 Å². The number of carbonyl (C=O) groups excluding carboxylic acids is 2. The summed E-state index contributed by atoms with van der Waals surface area (Å²) in [5.74, 6) is -0.559. The summed E-state index contributed by atoms with van der Waals surface area (Å²) in [5, 5.41) is 13.4. The number of benzene rings is 2. The molecule has 0 saturated heterocycles. The van der Waals surface area contributed by atoms with Gasteiger partial charge in [-0.05, 0) is 38.1 Å². The topological polar surface area (TPSA) is 117 Å². The average Bonchev–Trinajstić information content (AvgIpc) is 2.66. The van der Waals surface area contributed by atoms with Gasteiger partial charge in [0, 0.05) is 18.2 Å². The second kappa shape index (κ2) is 9.74. The number of ether oxygens (including phenoxy) is 3. The minimum atomic E-state index is -0.747. The smallest absolute Gasteiger partial charge is 0.343 e. The molecule has 154 valence electrons. The van der Waals surface area contributed by atoms with E-state index in [-0.39, 0.29) is 52.1 Å². The summed E-state index contributed by atoms with van der Waals surface area (Å²) in [7, 11) is 1.39. The summed E-state index contributed by atoms with van der Waals surface area (Å²) in [6.07, 6.45) is 0. The van der Waals surface area contributed by atoms with Gasteiger partial charge >= 0.3 is 5.97 Å². The van der Waals surface area contributed by atoms with Crippen LogP contribution in [0.2, 0.25) is 5.02 Å². The molecule has 1 N–H and O–H groups in total. The Hall–Kier alpha value is -3.33. The lowest BCUT2D eigenvalue weighted by Gasteiger charge is -2.13. The summed E-state index contributed by atoms with van der Waals surface area (Å²) >= 11 is 5.93. The maximum Gasteiger partial charge on any atom is 0.343 e. The first-order valence-electron chi connectivity index (χ1n) is 8.47. The Kier molecular flexibility index (Phi) is 7.38. The second-order valence-electron chi connectivity index (χ2n) is 6.14. The van der Waals surface area contributed by atoms with Gasteiger partial charge in [-0.1, -0.05) is 11.6 Å². The fourth-order valence-corrected chi connectivity index (χ4v) is 2.48. The molecular formula is C19H19ClN2O7. The van der Waals surface area contributed by atoms with Gasteiger partial charge in [0.2, 0.25) is 0 Å². The average molecular weight is 423 g/mol. The van der Waals surface area contributed by atoms with Gasteiger partial charge in [0.25, 0.3) is 11.6 Å². The monoisotopic (exact) mass is 422 g/mol. The van der Waals surface area contributed by atoms with Crippen LogP contribution in [0.15, 0.2) is 36.4 Å². The van der Waals surface area contributed by atoms with E-state index in [1.807, 2.05) is 13.8 Å². The van der Waals surface area contributed by atoms with Crippen molar-refractivity contribution in [2.24, 2.45) is 0 Å². The van der Waals surface area contributed by atoms with Crippen molar-refractivity contribution in [3.8, 4) is 17.2 Å². The molecule has 0 aliphatic carbocycles. The number of carbonyl (C=O) groups is 2. The molecular weight excluding hydrogens is 404 g/mol. The van der Waals surface area contributed by atoms with E-state index < -0.39 is 10.9 Å². The SMILES string of the molecule is COc1cc(C(=O)Oc2ccc([N+](=O)[O-])cc2Cl)ccc1OCC(=O)NC(C)C. The number of nitrogens with one attached hydrogen (secondary N) is 1. The number of amides is 1. The van der Waals surface area contributed by atoms with Crippen LogP contribution in [0.1, 0.15) is 24.2 Å². The van der Waals surface area contributed by atoms with Crippen molar-refractivity contribution in [2.45, 2.75) is 19.9 Å². The molecule has 0 unspecified atom stereocenters. The number of halogens is 1. The van der Waals surface area contributed by atoms with Gasteiger partial charge in [-0.25, -0.2) is 4.79 Å². The van der Waals surface area contributed by atoms with Crippen molar-refractivity contribution in [3.05, 3.63) is 57.1 Å². The zero-order valence-electron chi connectivity index (χ0n) is 15.9. The van der Waals surface area contributed by atoms with Gasteiger partial charge in [-0.3, -0.25) is 14.9 Å². The number of hydrogen-bond donors (Lipinski definition) is 1. The quantitative estimate of drug-likeness (QED) is 0.300. The van der Waals surface area contributed by atoms with E-state index in [4.69, 9.17) is 25.8 Å². The molecule has 2 rings (SSSR count). The van der Waals surface area contributed by atoms with E-state index in [0.29, 0.717) is 0 Å². The lowest BCUT2D eigenvalue weighted by atomic mass is 10.2. The van der Waals surface area contributed by atoms with E-state index in [0.717, 1.165) is 6.07 Å². The highest BCUT2D eigenvalue weighted by Gasteiger charge is 2.17. The van der Waals surface area contributed by atoms with Crippen LogP contribution in [0.5, 0.6) is 17.2 Å². The van der Waals surface area contributed by atoms with E-state index in [2.05, 4.69) is 5.32 Å². The van der Waals surface area contributed by atoms with Gasteiger partial charge < -0.3 is 19.5 Å². The fraction of sp³-hybridized carbons (Fsp3) is 0.263. The summed E-state index contributed by atoms with van der Waals surface area (Å²) in [6, 6.07) is 7.77. The number of hydrogen-bond acceptors (Lipinski definition) is 7. The van der Waals surface area contributed by atoms with Crippen LogP contribution in [0, 0.1) is 10.1 Å². The second-order valence-corrected chi connectivity index (χ2v) is 6.55. The van der Waals surface area contributed by atoms with Crippen molar-refractivity contribution < 1.29 is 28.7 Å². The van der Waals surface area contributed by atoms with Crippen LogP contribution in [0.25, 0.3) is 0 Å². The molecule has 0 aromatic heterocycles. The number of methoxy groups -OCH3 is 1. The molecule has 29 heavy (non-hydrogen) atoms. The summed E-state index contributed by atoms with van der Waals surface area (Å²) in [5.41, 5.74) is -0.0882. The Balaban J connectivity index is 2.11. The Morgan fingerprint density at radius 3 is 2.41 bits per heavy atom. The normalized spacial score (nSPS) is 10.4. The molecule has 0 saturated carbocycles. The van der Waals surface area contributed by atoms with E-state index in [1.165, 1.54) is 37.4 Å². The highest BCUT2D eigenvalue weighted by atomic mass is 35.5. The summed E-state index contributed by atoms with van der Waals surface area (Å²) in [4.78, 5) is 34.2. The molecule has 2 aromatic rings. The Morgan fingerprint density at radius 2 is 1.83 bits per heavy atom. The minimum absolute atomic E-state index is 0.0172. The molecule has 1 amide bonds. The third-order valence-corrected chi connectivity index (χ3v) is 3.83. The molecule has 0 heterocycles. The molecule has 9 nitrogen and oxygen atoms in total. The molecule has 0 aliphatic rings. The maximum absolute atomic E-state index is 12.4.